The topological polar surface area (TPSA) is 39.1 Å². The summed E-state index contributed by atoms with van der Waals surface area (Å²) in [6.45, 7) is 13.4. The van der Waals surface area contributed by atoms with Gasteiger partial charge in [-0.25, -0.2) is 0 Å². The van der Waals surface area contributed by atoms with Crippen molar-refractivity contribution in [3.8, 4) is 6.07 Å². The summed E-state index contributed by atoms with van der Waals surface area (Å²) in [5.41, 5.74) is -0.366. The van der Waals surface area contributed by atoms with Gasteiger partial charge in [0.2, 0.25) is 0 Å². The zero-order valence-corrected chi connectivity index (χ0v) is 14.1. The monoisotopic (exact) mass is 279 g/mol. The highest BCUT2D eigenvalue weighted by Crippen LogP contribution is 2.23. The summed E-state index contributed by atoms with van der Waals surface area (Å²) in [5, 5.41) is 12.7. The quantitative estimate of drug-likeness (QED) is 0.724. The molecule has 1 rings (SSSR count). The Morgan fingerprint density at radius 3 is 2.65 bits per heavy atom. The highest BCUT2D eigenvalue weighted by atomic mass is 15.2. The van der Waals surface area contributed by atoms with E-state index in [0.717, 1.165) is 24.8 Å². The zero-order chi connectivity index (χ0) is 15.2. The summed E-state index contributed by atoms with van der Waals surface area (Å²) in [6.07, 6.45) is 5.99. The predicted octanol–water partition coefficient (Wildman–Crippen LogP) is 3.56. The van der Waals surface area contributed by atoms with Gasteiger partial charge in [-0.15, -0.1) is 0 Å². The summed E-state index contributed by atoms with van der Waals surface area (Å²) >= 11 is 0. The molecular weight excluding hydrogens is 246 g/mol. The van der Waals surface area contributed by atoms with Gasteiger partial charge in [-0.1, -0.05) is 6.92 Å². The molecule has 0 aromatic heterocycles. The summed E-state index contributed by atoms with van der Waals surface area (Å²) < 4.78 is 0. The maximum atomic E-state index is 9.34. The molecule has 1 saturated heterocycles. The van der Waals surface area contributed by atoms with Crippen LogP contribution in [0.4, 0.5) is 0 Å². The van der Waals surface area contributed by atoms with E-state index in [9.17, 15) is 5.26 Å². The molecule has 20 heavy (non-hydrogen) atoms. The number of nitrogens with zero attached hydrogens (tertiary/aromatic N) is 2. The predicted molar refractivity (Wildman–Crippen MR) is 85.6 cm³/mol. The molecule has 0 radical (unpaired) electrons. The van der Waals surface area contributed by atoms with Crippen LogP contribution in [0.25, 0.3) is 0 Å². The third-order valence-electron chi connectivity index (χ3n) is 4.73. The molecule has 3 atom stereocenters. The van der Waals surface area contributed by atoms with Crippen LogP contribution >= 0.6 is 0 Å². The van der Waals surface area contributed by atoms with Gasteiger partial charge >= 0.3 is 0 Å². The van der Waals surface area contributed by atoms with Crippen LogP contribution in [0, 0.1) is 17.2 Å². The lowest BCUT2D eigenvalue weighted by Gasteiger charge is -2.38. The van der Waals surface area contributed by atoms with Crippen molar-refractivity contribution in [3.63, 3.8) is 0 Å². The number of unbranched alkanes of at least 4 members (excludes halogenated alkanes) is 1. The van der Waals surface area contributed by atoms with Crippen LogP contribution in [0.3, 0.4) is 0 Å². The Morgan fingerprint density at radius 1 is 1.35 bits per heavy atom. The van der Waals surface area contributed by atoms with Crippen molar-refractivity contribution in [1.29, 1.82) is 5.26 Å². The van der Waals surface area contributed by atoms with E-state index in [0.29, 0.717) is 6.04 Å². The van der Waals surface area contributed by atoms with Gasteiger partial charge in [-0.05, 0) is 78.8 Å². The summed E-state index contributed by atoms with van der Waals surface area (Å²) in [6, 6.07) is 3.52. The molecular formula is C17H33N3. The first-order valence-corrected chi connectivity index (χ1v) is 8.31. The Balaban J connectivity index is 2.28. The first-order chi connectivity index (χ1) is 9.38. The molecule has 3 nitrogen and oxygen atoms in total. The normalized spacial score (nSPS) is 27.2. The molecule has 0 aromatic carbocycles. The SMILES string of the molecule is CC(C)NC(C)(C#N)CCCCN1CCCC(C)C1C. The molecule has 3 heteroatoms. The number of likely N-dealkylation sites (tertiary alicyclic amines) is 1. The van der Waals surface area contributed by atoms with Gasteiger partial charge in [0.1, 0.15) is 5.54 Å². The lowest BCUT2D eigenvalue weighted by Crippen LogP contribution is -2.45. The number of nitrogens with one attached hydrogen (secondary N) is 1. The summed E-state index contributed by atoms with van der Waals surface area (Å²) in [5.74, 6) is 0.829. The first-order valence-electron chi connectivity index (χ1n) is 8.31. The minimum absolute atomic E-state index is 0.364. The number of nitriles is 1. The highest BCUT2D eigenvalue weighted by Gasteiger charge is 2.26. The van der Waals surface area contributed by atoms with Crippen molar-refractivity contribution >= 4 is 0 Å². The van der Waals surface area contributed by atoms with E-state index in [4.69, 9.17) is 0 Å². The van der Waals surface area contributed by atoms with Crippen molar-refractivity contribution in [2.75, 3.05) is 13.1 Å². The number of hydrogen-bond donors (Lipinski definition) is 1. The molecule has 0 bridgehead atoms. The highest BCUT2D eigenvalue weighted by molar-refractivity contribution is 5.04. The lowest BCUT2D eigenvalue weighted by atomic mass is 9.91. The van der Waals surface area contributed by atoms with Crippen molar-refractivity contribution in [3.05, 3.63) is 0 Å². The van der Waals surface area contributed by atoms with E-state index in [-0.39, 0.29) is 5.54 Å². The van der Waals surface area contributed by atoms with Crippen LogP contribution in [0.1, 0.15) is 66.7 Å². The third kappa shape index (κ3) is 5.42. The zero-order valence-electron chi connectivity index (χ0n) is 14.1. The van der Waals surface area contributed by atoms with Crippen LogP contribution in [0.15, 0.2) is 0 Å². The van der Waals surface area contributed by atoms with Gasteiger partial charge in [0.25, 0.3) is 0 Å². The van der Waals surface area contributed by atoms with Crippen molar-refractivity contribution in [2.45, 2.75) is 84.3 Å². The largest absolute Gasteiger partial charge is 0.300 e. The Hall–Kier alpha value is -0.590. The standard InChI is InChI=1S/C17H33N3/c1-14(2)19-17(5,13-18)10-6-7-11-20-12-8-9-15(3)16(20)4/h14-16,19H,6-12H2,1-5H3. The lowest BCUT2D eigenvalue weighted by molar-refractivity contribution is 0.111. The Kier molecular flexibility index (Phi) is 6.99. The molecule has 1 heterocycles. The number of hydrogen-bond acceptors (Lipinski definition) is 3. The van der Waals surface area contributed by atoms with E-state index in [1.54, 1.807) is 0 Å². The molecule has 0 amide bonds. The summed E-state index contributed by atoms with van der Waals surface area (Å²) in [4.78, 5) is 2.63. The third-order valence-corrected chi connectivity index (χ3v) is 4.73. The van der Waals surface area contributed by atoms with E-state index in [2.05, 4.69) is 44.0 Å². The van der Waals surface area contributed by atoms with Gasteiger partial charge < -0.3 is 4.90 Å². The van der Waals surface area contributed by atoms with Crippen molar-refractivity contribution in [1.82, 2.24) is 10.2 Å². The van der Waals surface area contributed by atoms with Crippen LogP contribution < -0.4 is 5.32 Å². The van der Waals surface area contributed by atoms with E-state index >= 15 is 0 Å². The van der Waals surface area contributed by atoms with Gasteiger partial charge in [0, 0.05) is 12.1 Å². The molecule has 0 aromatic rings. The molecule has 1 aliphatic heterocycles. The fourth-order valence-electron chi connectivity index (χ4n) is 3.33. The second-order valence-electron chi connectivity index (χ2n) is 7.10. The molecule has 1 aliphatic rings. The van der Waals surface area contributed by atoms with Crippen LogP contribution in [0.2, 0.25) is 0 Å². The second kappa shape index (κ2) is 8.00. The fraction of sp³-hybridized carbons (Fsp3) is 0.941. The molecule has 0 saturated carbocycles. The maximum absolute atomic E-state index is 9.34. The molecule has 0 aliphatic carbocycles. The minimum Gasteiger partial charge on any atom is -0.300 e. The Morgan fingerprint density at radius 2 is 2.05 bits per heavy atom. The van der Waals surface area contributed by atoms with Crippen molar-refractivity contribution in [2.24, 2.45) is 5.92 Å². The fourth-order valence-corrected chi connectivity index (χ4v) is 3.33. The van der Waals surface area contributed by atoms with Crippen LogP contribution in [-0.4, -0.2) is 35.6 Å². The molecule has 1 N–H and O–H groups in total. The molecule has 3 unspecified atom stereocenters. The molecule has 0 spiro atoms. The van der Waals surface area contributed by atoms with Gasteiger partial charge in [0.15, 0.2) is 0 Å². The average Bonchev–Trinajstić information content (AvgIpc) is 2.38. The second-order valence-corrected chi connectivity index (χ2v) is 7.10. The van der Waals surface area contributed by atoms with E-state index < -0.39 is 0 Å². The van der Waals surface area contributed by atoms with Crippen molar-refractivity contribution < 1.29 is 0 Å². The average molecular weight is 279 g/mol. The Labute approximate surface area is 125 Å². The van der Waals surface area contributed by atoms with E-state index in [1.807, 2.05) is 6.92 Å². The molecule has 116 valence electrons. The van der Waals surface area contributed by atoms with Gasteiger partial charge in [-0.2, -0.15) is 5.26 Å². The summed E-state index contributed by atoms with van der Waals surface area (Å²) in [7, 11) is 0. The Bertz CT molecular complexity index is 321. The van der Waals surface area contributed by atoms with Gasteiger partial charge in [0.05, 0.1) is 6.07 Å². The number of rotatable bonds is 7. The van der Waals surface area contributed by atoms with E-state index in [1.165, 1.54) is 32.4 Å². The van der Waals surface area contributed by atoms with Gasteiger partial charge in [-0.3, -0.25) is 5.32 Å². The number of piperidine rings is 1. The van der Waals surface area contributed by atoms with Crippen LogP contribution in [0.5, 0.6) is 0 Å². The smallest absolute Gasteiger partial charge is 0.104 e. The molecule has 1 fully saturated rings. The maximum Gasteiger partial charge on any atom is 0.104 e. The van der Waals surface area contributed by atoms with Crippen LogP contribution in [-0.2, 0) is 0 Å². The minimum atomic E-state index is -0.366. The first kappa shape index (κ1) is 17.5.